The van der Waals surface area contributed by atoms with Crippen molar-refractivity contribution < 1.29 is 17.9 Å². The molecule has 2 rings (SSSR count). The maximum Gasteiger partial charge on any atom is 0.245 e. The maximum atomic E-state index is 12.7. The van der Waals surface area contributed by atoms with E-state index in [1.54, 1.807) is 32.0 Å². The van der Waals surface area contributed by atoms with Crippen LogP contribution in [0.2, 0.25) is 10.0 Å². The average Bonchev–Trinajstić information content (AvgIpc) is 2.60. The first kappa shape index (κ1) is 21.5. The first-order valence-electron chi connectivity index (χ1n) is 8.16. The average molecular weight is 431 g/mol. The highest BCUT2D eigenvalue weighted by Gasteiger charge is 2.26. The van der Waals surface area contributed by atoms with Gasteiger partial charge in [0.15, 0.2) is 0 Å². The molecule has 9 heteroatoms. The molecule has 1 unspecified atom stereocenters. The molecule has 0 saturated carbocycles. The van der Waals surface area contributed by atoms with Gasteiger partial charge in [0, 0.05) is 15.7 Å². The number of sulfonamides is 1. The fourth-order valence-electron chi connectivity index (χ4n) is 2.30. The van der Waals surface area contributed by atoms with Crippen LogP contribution in [0.4, 0.5) is 5.69 Å². The summed E-state index contributed by atoms with van der Waals surface area (Å²) in [6.07, 6.45) is 0. The third-order valence-electron chi connectivity index (χ3n) is 3.75. The van der Waals surface area contributed by atoms with Gasteiger partial charge in [-0.25, -0.2) is 8.42 Å². The third-order valence-corrected chi connectivity index (χ3v) is 5.95. The summed E-state index contributed by atoms with van der Waals surface area (Å²) in [6.45, 7) is 5.22. The number of hydrogen-bond donors (Lipinski definition) is 2. The van der Waals surface area contributed by atoms with E-state index >= 15 is 0 Å². The zero-order valence-electron chi connectivity index (χ0n) is 15.0. The Morgan fingerprint density at radius 1 is 1.22 bits per heavy atom. The lowest BCUT2D eigenvalue weighted by atomic mass is 10.2. The van der Waals surface area contributed by atoms with Crippen LogP contribution < -0.4 is 14.8 Å². The SMILES string of the molecule is CCOc1ccc(Cl)cc1S(=O)(=O)NC(C)C(=O)Nc1cccc(Cl)c1C. The lowest BCUT2D eigenvalue weighted by molar-refractivity contribution is -0.117. The van der Waals surface area contributed by atoms with E-state index < -0.39 is 22.0 Å². The number of hydrogen-bond acceptors (Lipinski definition) is 4. The van der Waals surface area contributed by atoms with Crippen molar-refractivity contribution in [3.8, 4) is 5.75 Å². The van der Waals surface area contributed by atoms with Crippen molar-refractivity contribution >= 4 is 44.8 Å². The van der Waals surface area contributed by atoms with Crippen LogP contribution in [0, 0.1) is 6.92 Å². The van der Waals surface area contributed by atoms with E-state index in [1.165, 1.54) is 25.1 Å². The molecule has 0 radical (unpaired) electrons. The van der Waals surface area contributed by atoms with Crippen LogP contribution in [0.3, 0.4) is 0 Å². The number of ether oxygens (including phenoxy) is 1. The second-order valence-electron chi connectivity index (χ2n) is 5.77. The van der Waals surface area contributed by atoms with Gasteiger partial charge in [-0.05, 0) is 56.7 Å². The normalized spacial score (nSPS) is 12.5. The molecule has 6 nitrogen and oxygen atoms in total. The lowest BCUT2D eigenvalue weighted by Gasteiger charge is -2.17. The van der Waals surface area contributed by atoms with E-state index in [9.17, 15) is 13.2 Å². The molecular weight excluding hydrogens is 411 g/mol. The molecule has 1 atom stereocenters. The molecule has 0 fully saturated rings. The molecule has 0 spiro atoms. The molecule has 0 aliphatic carbocycles. The van der Waals surface area contributed by atoms with Gasteiger partial charge in [-0.2, -0.15) is 4.72 Å². The highest BCUT2D eigenvalue weighted by Crippen LogP contribution is 2.28. The molecule has 0 heterocycles. The van der Waals surface area contributed by atoms with E-state index in [1.807, 2.05) is 0 Å². The van der Waals surface area contributed by atoms with Crippen molar-refractivity contribution in [1.82, 2.24) is 4.72 Å². The summed E-state index contributed by atoms with van der Waals surface area (Å²) in [6, 6.07) is 8.32. The Labute approximate surface area is 168 Å². The number of nitrogens with one attached hydrogen (secondary N) is 2. The maximum absolute atomic E-state index is 12.7. The molecule has 27 heavy (non-hydrogen) atoms. The summed E-state index contributed by atoms with van der Waals surface area (Å²) in [5.74, 6) is -0.364. The minimum Gasteiger partial charge on any atom is -0.492 e. The third kappa shape index (κ3) is 5.35. The molecular formula is C18H20Cl2N2O4S. The second kappa shape index (κ2) is 8.93. The van der Waals surface area contributed by atoms with Gasteiger partial charge in [0.25, 0.3) is 0 Å². The molecule has 2 N–H and O–H groups in total. The van der Waals surface area contributed by atoms with Gasteiger partial charge >= 0.3 is 0 Å². The van der Waals surface area contributed by atoms with Crippen LogP contribution in [0.1, 0.15) is 19.4 Å². The van der Waals surface area contributed by atoms with E-state index in [4.69, 9.17) is 27.9 Å². The largest absolute Gasteiger partial charge is 0.492 e. The number of anilines is 1. The Balaban J connectivity index is 2.21. The Hall–Kier alpha value is -1.80. The first-order valence-corrected chi connectivity index (χ1v) is 10.4. The van der Waals surface area contributed by atoms with Crippen molar-refractivity contribution in [2.75, 3.05) is 11.9 Å². The van der Waals surface area contributed by atoms with Crippen LogP contribution in [-0.4, -0.2) is 27.0 Å². The number of carbonyl (C=O) groups excluding carboxylic acids is 1. The van der Waals surface area contributed by atoms with Crippen LogP contribution in [0.5, 0.6) is 5.75 Å². The smallest absolute Gasteiger partial charge is 0.245 e. The van der Waals surface area contributed by atoms with Gasteiger partial charge in [0.2, 0.25) is 15.9 Å². The van der Waals surface area contributed by atoms with E-state index in [2.05, 4.69) is 10.0 Å². The zero-order chi connectivity index (χ0) is 20.2. The number of carbonyl (C=O) groups is 1. The molecule has 146 valence electrons. The van der Waals surface area contributed by atoms with E-state index in [0.29, 0.717) is 16.3 Å². The van der Waals surface area contributed by atoms with Crippen molar-refractivity contribution in [1.29, 1.82) is 0 Å². The first-order chi connectivity index (χ1) is 12.7. The van der Waals surface area contributed by atoms with Gasteiger partial charge in [-0.3, -0.25) is 4.79 Å². The minimum absolute atomic E-state index is 0.129. The molecule has 2 aromatic rings. The second-order valence-corrected chi connectivity index (χ2v) is 8.29. The lowest BCUT2D eigenvalue weighted by Crippen LogP contribution is -2.41. The standard InChI is InChI=1S/C18H20Cl2N2O4S/c1-4-26-16-9-8-13(19)10-17(16)27(24,25)22-12(3)18(23)21-15-7-5-6-14(20)11(15)2/h5-10,12,22H,4H2,1-3H3,(H,21,23). The molecule has 0 saturated heterocycles. The monoisotopic (exact) mass is 430 g/mol. The van der Waals surface area contributed by atoms with Crippen LogP contribution in [-0.2, 0) is 14.8 Å². The van der Waals surface area contributed by atoms with Crippen molar-refractivity contribution in [2.45, 2.75) is 31.7 Å². The topological polar surface area (TPSA) is 84.5 Å². The van der Waals surface area contributed by atoms with Crippen molar-refractivity contribution in [3.05, 3.63) is 52.0 Å². The molecule has 0 bridgehead atoms. The fraction of sp³-hybridized carbons (Fsp3) is 0.278. The quantitative estimate of drug-likeness (QED) is 0.694. The van der Waals surface area contributed by atoms with E-state index in [0.717, 1.165) is 0 Å². The van der Waals surface area contributed by atoms with Crippen LogP contribution in [0.15, 0.2) is 41.3 Å². The number of amides is 1. The fourth-order valence-corrected chi connectivity index (χ4v) is 4.08. The Kier molecular flexibility index (Phi) is 7.11. The highest BCUT2D eigenvalue weighted by molar-refractivity contribution is 7.89. The summed E-state index contributed by atoms with van der Waals surface area (Å²) >= 11 is 12.0. The Bertz CT molecular complexity index is 948. The molecule has 1 amide bonds. The number of halogens is 2. The van der Waals surface area contributed by atoms with Gasteiger partial charge in [-0.15, -0.1) is 0 Å². The van der Waals surface area contributed by atoms with Crippen molar-refractivity contribution in [2.24, 2.45) is 0 Å². The predicted octanol–water partition coefficient (Wildman–Crippen LogP) is 4.01. The van der Waals surface area contributed by atoms with Gasteiger partial charge in [0.1, 0.15) is 10.6 Å². The zero-order valence-corrected chi connectivity index (χ0v) is 17.4. The van der Waals surface area contributed by atoms with Gasteiger partial charge in [0.05, 0.1) is 12.6 Å². The molecule has 2 aromatic carbocycles. The minimum atomic E-state index is -4.04. The van der Waals surface area contributed by atoms with Gasteiger partial charge in [-0.1, -0.05) is 29.3 Å². The summed E-state index contributed by atoms with van der Waals surface area (Å²) in [5.41, 5.74) is 1.20. The Morgan fingerprint density at radius 3 is 2.59 bits per heavy atom. The van der Waals surface area contributed by atoms with Crippen LogP contribution >= 0.6 is 23.2 Å². The summed E-state index contributed by atoms with van der Waals surface area (Å²) in [4.78, 5) is 12.3. The summed E-state index contributed by atoms with van der Waals surface area (Å²) < 4.78 is 33.1. The predicted molar refractivity (Wildman–Crippen MR) is 107 cm³/mol. The van der Waals surface area contributed by atoms with Crippen LogP contribution in [0.25, 0.3) is 0 Å². The van der Waals surface area contributed by atoms with Gasteiger partial charge < -0.3 is 10.1 Å². The summed E-state index contributed by atoms with van der Waals surface area (Å²) in [7, 11) is -4.04. The summed E-state index contributed by atoms with van der Waals surface area (Å²) in [5, 5.41) is 3.41. The number of rotatable bonds is 7. The highest BCUT2D eigenvalue weighted by atomic mass is 35.5. The van der Waals surface area contributed by atoms with E-state index in [-0.39, 0.29) is 22.3 Å². The Morgan fingerprint density at radius 2 is 1.93 bits per heavy atom. The molecule has 0 aromatic heterocycles. The number of benzene rings is 2. The van der Waals surface area contributed by atoms with Crippen molar-refractivity contribution in [3.63, 3.8) is 0 Å². The molecule has 0 aliphatic rings. The molecule has 0 aliphatic heterocycles.